The van der Waals surface area contributed by atoms with Crippen LogP contribution < -0.4 is 9.46 Å². The highest BCUT2D eigenvalue weighted by Crippen LogP contribution is 2.17. The summed E-state index contributed by atoms with van der Waals surface area (Å²) in [6.07, 6.45) is 0. The topological polar surface area (TPSA) is 116 Å². The van der Waals surface area contributed by atoms with Crippen LogP contribution in [0.2, 0.25) is 0 Å². The number of amides is 1. The third-order valence-corrected chi connectivity index (χ3v) is 8.72. The summed E-state index contributed by atoms with van der Waals surface area (Å²) in [4.78, 5) is 14.2. The van der Waals surface area contributed by atoms with Crippen LogP contribution in [0.4, 0.5) is 0 Å². The molecule has 0 radical (unpaired) electrons. The van der Waals surface area contributed by atoms with E-state index in [-0.39, 0.29) is 31.1 Å². The Morgan fingerprint density at radius 1 is 1.07 bits per heavy atom. The summed E-state index contributed by atoms with van der Waals surface area (Å²) in [6.45, 7) is 6.52. The number of nitrogens with one attached hydrogen (secondary N) is 1. The molecule has 1 aliphatic heterocycles. The molecule has 0 saturated carbocycles. The second kappa shape index (κ2) is 10.1. The van der Waals surface area contributed by atoms with Gasteiger partial charge in [-0.2, -0.15) is 21.8 Å². The summed E-state index contributed by atoms with van der Waals surface area (Å²) >= 11 is 0. The van der Waals surface area contributed by atoms with Crippen LogP contribution in [-0.2, 0) is 25.0 Å². The van der Waals surface area contributed by atoms with E-state index in [2.05, 4.69) is 4.72 Å². The molecule has 0 aliphatic carbocycles. The Morgan fingerprint density at radius 3 is 2.07 bits per heavy atom. The smallest absolute Gasteiger partial charge is 0.282 e. The monoisotopic (exact) mass is 462 g/mol. The Kier molecular flexibility index (Phi) is 8.22. The predicted molar refractivity (Wildman–Crippen MR) is 113 cm³/mol. The van der Waals surface area contributed by atoms with Gasteiger partial charge in [0.05, 0.1) is 18.0 Å². The van der Waals surface area contributed by atoms with Crippen LogP contribution in [0, 0.1) is 0 Å². The highest BCUT2D eigenvalue weighted by molar-refractivity contribution is 7.89. The van der Waals surface area contributed by atoms with Crippen molar-refractivity contribution in [3.8, 4) is 5.75 Å². The molecule has 1 aromatic rings. The van der Waals surface area contributed by atoms with Crippen molar-refractivity contribution in [2.45, 2.75) is 31.7 Å². The van der Waals surface area contributed by atoms with Crippen molar-refractivity contribution in [1.82, 2.24) is 18.2 Å². The third kappa shape index (κ3) is 5.49. The minimum atomic E-state index is -3.89. The molecule has 0 unspecified atom stereocenters. The average Bonchev–Trinajstić information content (AvgIpc) is 2.73. The highest BCUT2D eigenvalue weighted by Gasteiger charge is 2.34. The Labute approximate surface area is 179 Å². The first-order valence-corrected chi connectivity index (χ1v) is 12.6. The molecule has 1 N–H and O–H groups in total. The third-order valence-electron chi connectivity index (χ3n) is 4.98. The van der Waals surface area contributed by atoms with Crippen LogP contribution in [0.3, 0.4) is 0 Å². The molecular formula is C18H30N4O6S2. The van der Waals surface area contributed by atoms with Crippen LogP contribution in [0.25, 0.3) is 0 Å². The van der Waals surface area contributed by atoms with Crippen LogP contribution in [0.5, 0.6) is 5.75 Å². The van der Waals surface area contributed by atoms with Gasteiger partial charge in [-0.15, -0.1) is 0 Å². The van der Waals surface area contributed by atoms with E-state index in [0.717, 1.165) is 0 Å². The Balaban J connectivity index is 1.99. The molecule has 0 bridgehead atoms. The van der Waals surface area contributed by atoms with E-state index >= 15 is 0 Å². The maximum absolute atomic E-state index is 12.7. The molecule has 0 spiro atoms. The molecule has 30 heavy (non-hydrogen) atoms. The minimum absolute atomic E-state index is 0.0260. The van der Waals surface area contributed by atoms with E-state index in [1.54, 1.807) is 13.8 Å². The van der Waals surface area contributed by atoms with Crippen LogP contribution in [0.15, 0.2) is 29.2 Å². The molecule has 1 atom stereocenters. The molecule has 12 heteroatoms. The zero-order valence-corrected chi connectivity index (χ0v) is 19.4. The van der Waals surface area contributed by atoms with Gasteiger partial charge in [0.2, 0.25) is 15.9 Å². The predicted octanol–water partition coefficient (Wildman–Crippen LogP) is 0.0928. The molecule has 170 valence electrons. The number of rotatable bonds is 9. The number of sulfonamides is 1. The SMILES string of the molecule is CCN(CC)S(=O)(=O)N1CCN(C(=O)[C@H](C)NS(=O)(=O)c2ccc(OC)cc2)CC1. The second-order valence-electron chi connectivity index (χ2n) is 6.83. The summed E-state index contributed by atoms with van der Waals surface area (Å²) in [6, 6.07) is 4.86. The van der Waals surface area contributed by atoms with Crippen molar-refractivity contribution in [2.24, 2.45) is 0 Å². The van der Waals surface area contributed by atoms with Crippen LogP contribution in [0.1, 0.15) is 20.8 Å². The zero-order chi connectivity index (χ0) is 22.5. The molecule has 2 rings (SSSR count). The van der Waals surface area contributed by atoms with Gasteiger partial charge >= 0.3 is 0 Å². The van der Waals surface area contributed by atoms with Crippen LogP contribution >= 0.6 is 0 Å². The van der Waals surface area contributed by atoms with Crippen molar-refractivity contribution in [1.29, 1.82) is 0 Å². The molecule has 1 amide bonds. The molecule has 1 aromatic carbocycles. The van der Waals surface area contributed by atoms with Crippen molar-refractivity contribution >= 4 is 26.1 Å². The van der Waals surface area contributed by atoms with E-state index in [9.17, 15) is 21.6 Å². The number of hydrogen-bond acceptors (Lipinski definition) is 6. The van der Waals surface area contributed by atoms with E-state index < -0.39 is 32.2 Å². The first-order valence-electron chi connectivity index (χ1n) is 9.77. The van der Waals surface area contributed by atoms with E-state index in [4.69, 9.17) is 4.74 Å². The number of ether oxygens (including phenoxy) is 1. The van der Waals surface area contributed by atoms with Crippen LogP contribution in [-0.4, -0.2) is 88.7 Å². The lowest BCUT2D eigenvalue weighted by Gasteiger charge is -2.37. The Bertz CT molecular complexity index is 922. The van der Waals surface area contributed by atoms with Gasteiger partial charge in [-0.25, -0.2) is 8.42 Å². The number of benzene rings is 1. The minimum Gasteiger partial charge on any atom is -0.497 e. The van der Waals surface area contributed by atoms with Crippen molar-refractivity contribution in [2.75, 3.05) is 46.4 Å². The summed E-state index contributed by atoms with van der Waals surface area (Å²) in [7, 11) is -5.96. The summed E-state index contributed by atoms with van der Waals surface area (Å²) in [5.74, 6) is 0.127. The van der Waals surface area contributed by atoms with Gasteiger partial charge in [-0.3, -0.25) is 4.79 Å². The van der Waals surface area contributed by atoms with E-state index in [1.165, 1.54) is 51.8 Å². The van der Waals surface area contributed by atoms with E-state index in [1.807, 2.05) is 0 Å². The molecule has 1 heterocycles. The fourth-order valence-electron chi connectivity index (χ4n) is 3.23. The Hall–Kier alpha value is -1.73. The summed E-state index contributed by atoms with van der Waals surface area (Å²) in [5.41, 5.74) is 0. The van der Waals surface area contributed by atoms with Gasteiger partial charge in [0.25, 0.3) is 10.2 Å². The number of piperazine rings is 1. The standard InChI is InChI=1S/C18H30N4O6S2/c1-5-21(6-2)30(26,27)22-13-11-20(12-14-22)18(23)15(3)19-29(24,25)17-9-7-16(28-4)8-10-17/h7-10,15,19H,5-6,11-14H2,1-4H3/t15-/m0/s1. The van der Waals surface area contributed by atoms with Crippen molar-refractivity contribution in [3.05, 3.63) is 24.3 Å². The first kappa shape index (κ1) is 24.5. The largest absolute Gasteiger partial charge is 0.497 e. The lowest BCUT2D eigenvalue weighted by Crippen LogP contribution is -2.57. The van der Waals surface area contributed by atoms with E-state index in [0.29, 0.717) is 18.8 Å². The summed E-state index contributed by atoms with van der Waals surface area (Å²) in [5, 5.41) is 0. The fraction of sp³-hybridized carbons (Fsp3) is 0.611. The number of carbonyl (C=O) groups excluding carboxylic acids is 1. The van der Waals surface area contributed by atoms with Gasteiger partial charge in [0.1, 0.15) is 5.75 Å². The van der Waals surface area contributed by atoms with Crippen molar-refractivity contribution < 1.29 is 26.4 Å². The lowest BCUT2D eigenvalue weighted by atomic mass is 10.2. The number of carbonyl (C=O) groups is 1. The molecule has 1 saturated heterocycles. The van der Waals surface area contributed by atoms with Gasteiger partial charge in [0, 0.05) is 39.3 Å². The zero-order valence-electron chi connectivity index (χ0n) is 17.7. The van der Waals surface area contributed by atoms with Crippen molar-refractivity contribution in [3.63, 3.8) is 0 Å². The maximum Gasteiger partial charge on any atom is 0.282 e. The molecule has 10 nitrogen and oxygen atoms in total. The average molecular weight is 463 g/mol. The van der Waals surface area contributed by atoms with Gasteiger partial charge in [-0.1, -0.05) is 13.8 Å². The quantitative estimate of drug-likeness (QED) is 0.556. The maximum atomic E-state index is 12.7. The number of hydrogen-bond donors (Lipinski definition) is 1. The Morgan fingerprint density at radius 2 is 1.60 bits per heavy atom. The number of methoxy groups -OCH3 is 1. The fourth-order valence-corrected chi connectivity index (χ4v) is 6.03. The molecule has 1 fully saturated rings. The molecule has 1 aliphatic rings. The lowest BCUT2D eigenvalue weighted by molar-refractivity contribution is -0.133. The highest BCUT2D eigenvalue weighted by atomic mass is 32.2. The molecular weight excluding hydrogens is 432 g/mol. The van der Waals surface area contributed by atoms with Gasteiger partial charge in [0.15, 0.2) is 0 Å². The first-order chi connectivity index (χ1) is 14.1. The van der Waals surface area contributed by atoms with Gasteiger partial charge in [-0.05, 0) is 31.2 Å². The normalized spacial score (nSPS) is 17.2. The summed E-state index contributed by atoms with van der Waals surface area (Å²) < 4.78 is 60.4. The second-order valence-corrected chi connectivity index (χ2v) is 10.5. The van der Waals surface area contributed by atoms with Gasteiger partial charge < -0.3 is 9.64 Å². The number of nitrogens with zero attached hydrogens (tertiary/aromatic N) is 3. The molecule has 0 aromatic heterocycles.